The van der Waals surface area contributed by atoms with Crippen LogP contribution in [0.1, 0.15) is 352 Å². The summed E-state index contributed by atoms with van der Waals surface area (Å²) < 4.78 is 88.2. The molecular formula is C70H118CaO14S2. The van der Waals surface area contributed by atoms with Crippen LogP contribution in [0.15, 0.2) is 48.5 Å². The van der Waals surface area contributed by atoms with E-state index in [0.717, 1.165) is 38.5 Å². The van der Waals surface area contributed by atoms with Gasteiger partial charge in [-0.3, -0.25) is 0 Å². The Kier molecular flexibility index (Phi) is 55.6. The first-order valence-corrected chi connectivity index (χ1v) is 37.3. The Morgan fingerprint density at radius 3 is 0.655 bits per heavy atom. The molecule has 0 bridgehead atoms. The van der Waals surface area contributed by atoms with Crippen LogP contribution in [0.4, 0.5) is 0 Å². The number of unbranched alkanes of at least 4 members (excludes halogenated alkanes) is 40. The zero-order chi connectivity index (χ0) is 63.2. The molecule has 0 spiro atoms. The topological polar surface area (TPSA) is 220 Å². The van der Waals surface area contributed by atoms with Crippen molar-refractivity contribution in [1.29, 1.82) is 0 Å². The van der Waals surface area contributed by atoms with E-state index in [0.29, 0.717) is 0 Å². The van der Waals surface area contributed by atoms with E-state index in [1.54, 1.807) is 24.3 Å². The van der Waals surface area contributed by atoms with Crippen molar-refractivity contribution in [3.8, 4) is 0 Å². The Hall–Kier alpha value is -2.60. The second-order valence-corrected chi connectivity index (χ2v) is 27.1. The molecule has 2 aromatic carbocycles. The van der Waals surface area contributed by atoms with Crippen molar-refractivity contribution in [3.63, 3.8) is 0 Å². The molecule has 2 aromatic rings. The maximum Gasteiger partial charge on any atom is 2.00 e. The van der Waals surface area contributed by atoms with E-state index in [2.05, 4.69) is 13.8 Å². The fourth-order valence-electron chi connectivity index (χ4n) is 10.5. The summed E-state index contributed by atoms with van der Waals surface area (Å²) in [7, 11) is -9.15. The van der Waals surface area contributed by atoms with Crippen molar-refractivity contribution < 1.29 is 64.1 Å². The molecule has 0 aliphatic carbocycles. The number of carbonyl (C=O) groups excluding carboxylic acids is 4. The van der Waals surface area contributed by atoms with E-state index < -0.39 is 67.8 Å². The standard InChI is InChI=1S/2C35H60O7S.Ca/c2*1-3-5-6-7-8-9-10-11-12-13-14-15-16-17-18-19-20-21-22-23-26-29-41-34(36)32-27-24-25-28-33(32)35(37)42-30-31(4-2)43(38,39)40;/h2*24-25,27-28,31H,3-23,26,29-30H2,1-2H3,(H,38,39,40);/q;;+2/p-2. The number of hydrogen-bond donors (Lipinski definition) is 0. The van der Waals surface area contributed by atoms with Gasteiger partial charge in [0.15, 0.2) is 0 Å². The van der Waals surface area contributed by atoms with Gasteiger partial charge in [0.05, 0.1) is 46.0 Å². The van der Waals surface area contributed by atoms with Crippen LogP contribution in [0.3, 0.4) is 0 Å². The van der Waals surface area contributed by atoms with Gasteiger partial charge in [-0.1, -0.05) is 309 Å². The molecule has 2 rings (SSSR count). The predicted molar refractivity (Wildman–Crippen MR) is 353 cm³/mol. The van der Waals surface area contributed by atoms with E-state index in [4.69, 9.17) is 18.9 Å². The molecule has 87 heavy (non-hydrogen) atoms. The quantitative estimate of drug-likeness (QED) is 0.0198. The third-order valence-electron chi connectivity index (χ3n) is 16.2. The van der Waals surface area contributed by atoms with E-state index >= 15 is 0 Å². The Bertz CT molecular complexity index is 2080. The number of benzene rings is 2. The average molecular weight is 1290 g/mol. The monoisotopic (exact) mass is 1290 g/mol. The molecule has 0 aliphatic rings. The molecule has 0 N–H and O–H groups in total. The second kappa shape index (κ2) is 57.3. The third kappa shape index (κ3) is 46.2. The van der Waals surface area contributed by atoms with Crippen molar-refractivity contribution in [3.05, 3.63) is 70.8 Å². The molecular weight excluding hydrogens is 1170 g/mol. The van der Waals surface area contributed by atoms with Crippen LogP contribution in [-0.2, 0) is 39.2 Å². The molecule has 496 valence electrons. The maximum absolute atomic E-state index is 12.6. The van der Waals surface area contributed by atoms with Gasteiger partial charge in [0.2, 0.25) is 0 Å². The number of rotatable bonds is 56. The summed E-state index contributed by atoms with van der Waals surface area (Å²) >= 11 is 0. The zero-order valence-electron chi connectivity index (χ0n) is 55.0. The summed E-state index contributed by atoms with van der Waals surface area (Å²) in [6, 6.07) is 12.2. The molecule has 0 saturated carbocycles. The Balaban J connectivity index is 0.00000168. The molecule has 0 fully saturated rings. The van der Waals surface area contributed by atoms with E-state index in [1.807, 2.05) is 0 Å². The molecule has 0 amide bonds. The molecule has 0 aromatic heterocycles. The first kappa shape index (κ1) is 84.4. The fraction of sp³-hybridized carbons (Fsp3) is 0.771. The average Bonchev–Trinajstić information content (AvgIpc) is 3.58. The van der Waals surface area contributed by atoms with Crippen LogP contribution in [0.2, 0.25) is 0 Å². The normalized spacial score (nSPS) is 12.1. The predicted octanol–water partition coefficient (Wildman–Crippen LogP) is 18.7. The largest absolute Gasteiger partial charge is 2.00 e. The third-order valence-corrected chi connectivity index (χ3v) is 18.8. The SMILES string of the molecule is CCCCCCCCCCCCCCCCCCCCCCCOC(=O)c1ccccc1C(=O)OCC(CC)S(=O)(=O)[O-].CCCCCCCCCCCCCCCCCCCCCCCOC(=O)c1ccccc1C(=O)OCC(CC)S(=O)(=O)[O-].[Ca+2]. The maximum atomic E-state index is 12.6. The van der Waals surface area contributed by atoms with E-state index in [1.165, 1.54) is 269 Å². The van der Waals surface area contributed by atoms with Crippen LogP contribution in [0, 0.1) is 0 Å². The number of hydrogen-bond acceptors (Lipinski definition) is 14. The minimum absolute atomic E-state index is 0. The molecule has 17 heteroatoms. The van der Waals surface area contributed by atoms with Gasteiger partial charge in [0.1, 0.15) is 33.5 Å². The molecule has 14 nitrogen and oxygen atoms in total. The zero-order valence-corrected chi connectivity index (χ0v) is 58.8. The Labute approximate surface area is 559 Å². The minimum Gasteiger partial charge on any atom is -0.748 e. The van der Waals surface area contributed by atoms with Crippen molar-refractivity contribution in [2.45, 2.75) is 321 Å². The summed E-state index contributed by atoms with van der Waals surface area (Å²) in [6.45, 7) is 7.05. The minimum atomic E-state index is -4.58. The second-order valence-electron chi connectivity index (χ2n) is 23.7. The van der Waals surface area contributed by atoms with Gasteiger partial charge in [-0.25, -0.2) is 36.0 Å². The molecule has 0 radical (unpaired) electrons. The van der Waals surface area contributed by atoms with Crippen molar-refractivity contribution >= 4 is 81.9 Å². The van der Waals surface area contributed by atoms with Crippen LogP contribution >= 0.6 is 0 Å². The molecule has 0 saturated heterocycles. The summed E-state index contributed by atoms with van der Waals surface area (Å²) in [4.78, 5) is 50.0. The first-order valence-electron chi connectivity index (χ1n) is 34.4. The van der Waals surface area contributed by atoms with Gasteiger partial charge in [-0.05, 0) is 49.9 Å². The van der Waals surface area contributed by atoms with Crippen molar-refractivity contribution in [2.24, 2.45) is 0 Å². The van der Waals surface area contributed by atoms with Crippen molar-refractivity contribution in [1.82, 2.24) is 0 Å². The summed E-state index contributed by atoms with van der Waals surface area (Å²) in [5.74, 6) is -2.96. The van der Waals surface area contributed by atoms with Gasteiger partial charge < -0.3 is 28.1 Å². The van der Waals surface area contributed by atoms with Crippen LogP contribution in [-0.4, -0.2) is 124 Å². The smallest absolute Gasteiger partial charge is 0.748 e. The number of ether oxygens (including phenoxy) is 4. The number of esters is 4. The van der Waals surface area contributed by atoms with Gasteiger partial charge in [-0.2, -0.15) is 0 Å². The molecule has 0 heterocycles. The van der Waals surface area contributed by atoms with Gasteiger partial charge >= 0.3 is 61.6 Å². The first-order chi connectivity index (χ1) is 41.6. The van der Waals surface area contributed by atoms with Crippen LogP contribution < -0.4 is 0 Å². The van der Waals surface area contributed by atoms with Crippen LogP contribution in [0.5, 0.6) is 0 Å². The molecule has 0 aliphatic heterocycles. The molecule has 2 unspecified atom stereocenters. The number of carbonyl (C=O) groups is 4. The van der Waals surface area contributed by atoms with Gasteiger partial charge in [0, 0.05) is 0 Å². The summed E-state index contributed by atoms with van der Waals surface area (Å²) in [5, 5.41) is -2.64. The van der Waals surface area contributed by atoms with Gasteiger partial charge in [-0.15, -0.1) is 0 Å². The van der Waals surface area contributed by atoms with E-state index in [-0.39, 0.29) is 86.0 Å². The van der Waals surface area contributed by atoms with Crippen LogP contribution in [0.25, 0.3) is 0 Å². The Morgan fingerprint density at radius 1 is 0.310 bits per heavy atom. The van der Waals surface area contributed by atoms with Crippen molar-refractivity contribution in [2.75, 3.05) is 26.4 Å². The van der Waals surface area contributed by atoms with Gasteiger partial charge in [0.25, 0.3) is 0 Å². The fourth-order valence-corrected chi connectivity index (χ4v) is 11.8. The Morgan fingerprint density at radius 2 is 0.483 bits per heavy atom. The molecule has 2 atom stereocenters. The summed E-state index contributed by atoms with van der Waals surface area (Å²) in [5.41, 5.74) is 0.108. The van der Waals surface area contributed by atoms with E-state index in [9.17, 15) is 45.1 Å². The summed E-state index contributed by atoms with van der Waals surface area (Å²) in [6.07, 6.45) is 55.1.